The SMILES string of the molecule is CN(Cc1ccccc1)c1cncc(B2OC(C)(C)C(C)(C)O2)c1. The van der Waals surface area contributed by atoms with Crippen LogP contribution >= 0.6 is 0 Å². The second-order valence-electron chi connectivity index (χ2n) is 7.41. The topological polar surface area (TPSA) is 34.6 Å². The minimum atomic E-state index is -0.382. The fourth-order valence-electron chi connectivity index (χ4n) is 2.71. The van der Waals surface area contributed by atoms with Crippen LogP contribution in [0.2, 0.25) is 0 Å². The van der Waals surface area contributed by atoms with Crippen molar-refractivity contribution in [3.05, 3.63) is 54.4 Å². The third-order valence-corrected chi connectivity index (χ3v) is 4.97. The van der Waals surface area contributed by atoms with Crippen LogP contribution in [-0.4, -0.2) is 30.4 Å². The molecule has 3 rings (SSSR count). The van der Waals surface area contributed by atoms with Gasteiger partial charge in [0.1, 0.15) is 0 Å². The Morgan fingerprint density at radius 1 is 1.00 bits per heavy atom. The Morgan fingerprint density at radius 2 is 1.62 bits per heavy atom. The van der Waals surface area contributed by atoms with E-state index < -0.39 is 0 Å². The van der Waals surface area contributed by atoms with Crippen molar-refractivity contribution in [3.8, 4) is 0 Å². The smallest absolute Gasteiger partial charge is 0.399 e. The first-order valence-electron chi connectivity index (χ1n) is 8.34. The maximum atomic E-state index is 6.12. The summed E-state index contributed by atoms with van der Waals surface area (Å²) in [5.41, 5.74) is 2.57. The number of benzene rings is 1. The number of anilines is 1. The number of rotatable bonds is 4. The highest BCUT2D eigenvalue weighted by Crippen LogP contribution is 2.36. The van der Waals surface area contributed by atoms with E-state index >= 15 is 0 Å². The van der Waals surface area contributed by atoms with E-state index in [4.69, 9.17) is 9.31 Å². The summed E-state index contributed by atoms with van der Waals surface area (Å²) >= 11 is 0. The molecule has 1 aliphatic heterocycles. The molecule has 0 radical (unpaired) electrons. The summed E-state index contributed by atoms with van der Waals surface area (Å²) in [6.07, 6.45) is 3.69. The van der Waals surface area contributed by atoms with Crippen LogP contribution < -0.4 is 10.4 Å². The first-order chi connectivity index (χ1) is 11.3. The van der Waals surface area contributed by atoms with E-state index in [-0.39, 0.29) is 18.3 Å². The fourth-order valence-corrected chi connectivity index (χ4v) is 2.71. The fraction of sp³-hybridized carbons (Fsp3) is 0.421. The van der Waals surface area contributed by atoms with Crippen molar-refractivity contribution in [1.29, 1.82) is 0 Å². The summed E-state index contributed by atoms with van der Waals surface area (Å²) in [7, 11) is 1.69. The van der Waals surface area contributed by atoms with Crippen LogP contribution in [0.5, 0.6) is 0 Å². The normalized spacial score (nSPS) is 18.6. The summed E-state index contributed by atoms with van der Waals surface area (Å²) in [4.78, 5) is 6.56. The minimum Gasteiger partial charge on any atom is -0.399 e. The molecular weight excluding hydrogens is 299 g/mol. The lowest BCUT2D eigenvalue weighted by Crippen LogP contribution is -2.41. The predicted octanol–water partition coefficient (Wildman–Crippen LogP) is 3.02. The average molecular weight is 324 g/mol. The molecule has 1 fully saturated rings. The number of nitrogens with zero attached hydrogens (tertiary/aromatic N) is 2. The van der Waals surface area contributed by atoms with Gasteiger partial charge in [-0.3, -0.25) is 4.98 Å². The standard InChI is InChI=1S/C19H25BN2O2/c1-18(2)19(3,4)24-20(23-18)16-11-17(13-21-12-16)22(5)14-15-9-7-6-8-10-15/h6-13H,14H2,1-5H3. The van der Waals surface area contributed by atoms with E-state index in [9.17, 15) is 0 Å². The Bertz CT molecular complexity index is 688. The van der Waals surface area contributed by atoms with E-state index in [1.54, 1.807) is 0 Å². The highest BCUT2D eigenvalue weighted by atomic mass is 16.7. The molecule has 1 aromatic heterocycles. The summed E-state index contributed by atoms with van der Waals surface area (Å²) in [5, 5.41) is 0. The molecule has 2 heterocycles. The molecule has 4 nitrogen and oxygen atoms in total. The van der Waals surface area contributed by atoms with Gasteiger partial charge in [-0.25, -0.2) is 0 Å². The number of hydrogen-bond acceptors (Lipinski definition) is 4. The van der Waals surface area contributed by atoms with E-state index in [1.807, 2.05) is 18.5 Å². The molecule has 0 saturated carbocycles. The zero-order chi connectivity index (χ0) is 17.4. The molecule has 126 valence electrons. The summed E-state index contributed by atoms with van der Waals surface area (Å²) in [6.45, 7) is 9.07. The first-order valence-corrected chi connectivity index (χ1v) is 8.34. The van der Waals surface area contributed by atoms with Crippen molar-refractivity contribution in [3.63, 3.8) is 0 Å². The Kier molecular flexibility index (Phi) is 4.41. The Morgan fingerprint density at radius 3 is 2.25 bits per heavy atom. The molecule has 0 spiro atoms. The number of pyridine rings is 1. The third kappa shape index (κ3) is 3.33. The van der Waals surface area contributed by atoms with E-state index in [0.29, 0.717) is 0 Å². The van der Waals surface area contributed by atoms with Crippen molar-refractivity contribution in [2.45, 2.75) is 45.4 Å². The van der Waals surface area contributed by atoms with Gasteiger partial charge in [0.15, 0.2) is 0 Å². The van der Waals surface area contributed by atoms with Crippen molar-refractivity contribution in [2.24, 2.45) is 0 Å². The second kappa shape index (κ2) is 6.23. The molecule has 0 amide bonds. The van der Waals surface area contributed by atoms with Crippen LogP contribution in [-0.2, 0) is 15.9 Å². The zero-order valence-electron chi connectivity index (χ0n) is 15.1. The van der Waals surface area contributed by atoms with Crippen molar-refractivity contribution < 1.29 is 9.31 Å². The highest BCUT2D eigenvalue weighted by molar-refractivity contribution is 6.62. The molecule has 2 aromatic rings. The molecule has 1 aromatic carbocycles. The van der Waals surface area contributed by atoms with Gasteiger partial charge in [0, 0.05) is 25.3 Å². The molecule has 0 atom stereocenters. The van der Waals surface area contributed by atoms with Gasteiger partial charge in [0.2, 0.25) is 0 Å². The van der Waals surface area contributed by atoms with Crippen LogP contribution in [0.1, 0.15) is 33.3 Å². The van der Waals surface area contributed by atoms with Gasteiger partial charge in [-0.05, 0) is 39.3 Å². The van der Waals surface area contributed by atoms with E-state index in [2.05, 4.69) is 75.0 Å². The highest BCUT2D eigenvalue weighted by Gasteiger charge is 2.51. The van der Waals surface area contributed by atoms with Gasteiger partial charge < -0.3 is 14.2 Å². The van der Waals surface area contributed by atoms with Crippen molar-refractivity contribution in [2.75, 3.05) is 11.9 Å². The zero-order valence-corrected chi connectivity index (χ0v) is 15.1. The summed E-state index contributed by atoms with van der Waals surface area (Å²) in [5.74, 6) is 0. The average Bonchev–Trinajstić information content (AvgIpc) is 2.76. The van der Waals surface area contributed by atoms with Crippen LogP contribution in [0.3, 0.4) is 0 Å². The summed E-state index contributed by atoms with van der Waals surface area (Å²) < 4.78 is 12.2. The molecule has 1 saturated heterocycles. The van der Waals surface area contributed by atoms with Crippen LogP contribution in [0.25, 0.3) is 0 Å². The lowest BCUT2D eigenvalue weighted by atomic mass is 9.80. The third-order valence-electron chi connectivity index (χ3n) is 4.97. The van der Waals surface area contributed by atoms with Crippen LogP contribution in [0, 0.1) is 0 Å². The maximum absolute atomic E-state index is 6.12. The Balaban J connectivity index is 1.78. The largest absolute Gasteiger partial charge is 0.496 e. The van der Waals surface area contributed by atoms with Crippen LogP contribution in [0.15, 0.2) is 48.8 Å². The molecule has 0 N–H and O–H groups in total. The first kappa shape index (κ1) is 17.0. The molecule has 0 unspecified atom stereocenters. The van der Waals surface area contributed by atoms with Gasteiger partial charge >= 0.3 is 7.12 Å². The predicted molar refractivity (Wildman–Crippen MR) is 98.5 cm³/mol. The van der Waals surface area contributed by atoms with Gasteiger partial charge in [0.05, 0.1) is 23.1 Å². The number of aromatic nitrogens is 1. The molecule has 0 aliphatic carbocycles. The van der Waals surface area contributed by atoms with Crippen molar-refractivity contribution >= 4 is 18.3 Å². The molecule has 5 heteroatoms. The lowest BCUT2D eigenvalue weighted by Gasteiger charge is -2.32. The molecular formula is C19H25BN2O2. The minimum absolute atomic E-state index is 0.344. The molecule has 0 bridgehead atoms. The quantitative estimate of drug-likeness (QED) is 0.810. The van der Waals surface area contributed by atoms with Gasteiger partial charge in [-0.15, -0.1) is 0 Å². The second-order valence-corrected chi connectivity index (χ2v) is 7.41. The van der Waals surface area contributed by atoms with Crippen LogP contribution in [0.4, 0.5) is 5.69 Å². The molecule has 24 heavy (non-hydrogen) atoms. The monoisotopic (exact) mass is 324 g/mol. The Labute approximate surface area is 145 Å². The van der Waals surface area contributed by atoms with E-state index in [1.165, 1.54) is 5.56 Å². The lowest BCUT2D eigenvalue weighted by molar-refractivity contribution is 0.00578. The van der Waals surface area contributed by atoms with Gasteiger partial charge in [-0.2, -0.15) is 0 Å². The molecule has 1 aliphatic rings. The van der Waals surface area contributed by atoms with E-state index in [0.717, 1.165) is 17.7 Å². The van der Waals surface area contributed by atoms with Gasteiger partial charge in [-0.1, -0.05) is 30.3 Å². The Hall–Kier alpha value is -1.85. The summed E-state index contributed by atoms with van der Waals surface area (Å²) in [6, 6.07) is 12.5. The number of hydrogen-bond donors (Lipinski definition) is 0. The van der Waals surface area contributed by atoms with Crippen molar-refractivity contribution in [1.82, 2.24) is 4.98 Å². The maximum Gasteiger partial charge on any atom is 0.496 e. The van der Waals surface area contributed by atoms with Gasteiger partial charge in [0.25, 0.3) is 0 Å².